The van der Waals surface area contributed by atoms with E-state index in [0.717, 1.165) is 11.4 Å². The third kappa shape index (κ3) is 2.81. The number of benzene rings is 1. The van der Waals surface area contributed by atoms with E-state index in [0.29, 0.717) is 11.5 Å². The van der Waals surface area contributed by atoms with Crippen LogP contribution in [0.15, 0.2) is 30.5 Å². The largest absolute Gasteiger partial charge is 0.394 e. The summed E-state index contributed by atoms with van der Waals surface area (Å²) >= 11 is 5.74. The summed E-state index contributed by atoms with van der Waals surface area (Å²) in [6, 6.07) is 7.90. The zero-order valence-electron chi connectivity index (χ0n) is 10.2. The molecule has 0 amide bonds. The SMILES string of the molecule is CN(C)c1cccc(Nc2nc(Cl)ncc2N)c1. The van der Waals surface area contributed by atoms with Crippen molar-refractivity contribution in [3.05, 3.63) is 35.7 Å². The van der Waals surface area contributed by atoms with Crippen LogP contribution in [0.3, 0.4) is 0 Å². The molecule has 1 aromatic carbocycles. The number of nitrogen functional groups attached to an aromatic ring is 1. The van der Waals surface area contributed by atoms with Crippen molar-refractivity contribution in [2.75, 3.05) is 30.0 Å². The average Bonchev–Trinajstić information content (AvgIpc) is 2.34. The van der Waals surface area contributed by atoms with E-state index in [-0.39, 0.29) is 5.28 Å². The van der Waals surface area contributed by atoms with E-state index >= 15 is 0 Å². The van der Waals surface area contributed by atoms with Crippen LogP contribution in [0.5, 0.6) is 0 Å². The van der Waals surface area contributed by atoms with Gasteiger partial charge in [0.25, 0.3) is 0 Å². The molecule has 5 nitrogen and oxygen atoms in total. The lowest BCUT2D eigenvalue weighted by Gasteiger charge is -2.14. The van der Waals surface area contributed by atoms with Gasteiger partial charge in [0.2, 0.25) is 5.28 Å². The average molecular weight is 264 g/mol. The van der Waals surface area contributed by atoms with Gasteiger partial charge in [-0.3, -0.25) is 0 Å². The van der Waals surface area contributed by atoms with Gasteiger partial charge in [-0.15, -0.1) is 0 Å². The molecule has 0 atom stereocenters. The summed E-state index contributed by atoms with van der Waals surface area (Å²) in [7, 11) is 3.96. The summed E-state index contributed by atoms with van der Waals surface area (Å²) in [5.41, 5.74) is 8.21. The Morgan fingerprint density at radius 2 is 2.11 bits per heavy atom. The second-order valence-electron chi connectivity index (χ2n) is 4.01. The minimum Gasteiger partial charge on any atom is -0.394 e. The van der Waals surface area contributed by atoms with E-state index in [1.165, 1.54) is 6.20 Å². The van der Waals surface area contributed by atoms with Crippen LogP contribution < -0.4 is 16.0 Å². The highest BCUT2D eigenvalue weighted by molar-refractivity contribution is 6.28. The van der Waals surface area contributed by atoms with E-state index in [2.05, 4.69) is 15.3 Å². The van der Waals surface area contributed by atoms with Crippen molar-refractivity contribution in [1.82, 2.24) is 9.97 Å². The minimum atomic E-state index is 0.162. The minimum absolute atomic E-state index is 0.162. The van der Waals surface area contributed by atoms with Gasteiger partial charge in [0, 0.05) is 25.5 Å². The molecule has 2 aromatic rings. The van der Waals surface area contributed by atoms with E-state index in [1.807, 2.05) is 43.3 Å². The van der Waals surface area contributed by atoms with Crippen molar-refractivity contribution >= 4 is 34.5 Å². The summed E-state index contributed by atoms with van der Waals surface area (Å²) < 4.78 is 0. The Morgan fingerprint density at radius 1 is 1.33 bits per heavy atom. The van der Waals surface area contributed by atoms with Gasteiger partial charge in [0.1, 0.15) is 0 Å². The molecule has 0 bridgehead atoms. The van der Waals surface area contributed by atoms with Crippen molar-refractivity contribution in [3.8, 4) is 0 Å². The van der Waals surface area contributed by atoms with E-state index in [4.69, 9.17) is 17.3 Å². The zero-order chi connectivity index (χ0) is 13.1. The molecule has 94 valence electrons. The topological polar surface area (TPSA) is 67.1 Å². The monoisotopic (exact) mass is 263 g/mol. The number of nitrogens with two attached hydrogens (primary N) is 1. The molecule has 0 saturated carbocycles. The summed E-state index contributed by atoms with van der Waals surface area (Å²) in [5.74, 6) is 0.505. The highest BCUT2D eigenvalue weighted by Crippen LogP contribution is 2.24. The fourth-order valence-electron chi connectivity index (χ4n) is 1.47. The summed E-state index contributed by atoms with van der Waals surface area (Å²) in [5, 5.41) is 3.28. The van der Waals surface area contributed by atoms with Crippen LogP contribution in [0.2, 0.25) is 5.28 Å². The molecule has 0 spiro atoms. The number of rotatable bonds is 3. The molecule has 2 rings (SSSR count). The highest BCUT2D eigenvalue weighted by Gasteiger charge is 2.04. The van der Waals surface area contributed by atoms with E-state index in [1.54, 1.807) is 0 Å². The lowest BCUT2D eigenvalue weighted by Crippen LogP contribution is -2.08. The number of anilines is 4. The summed E-state index contributed by atoms with van der Waals surface area (Å²) in [6.07, 6.45) is 1.48. The molecule has 0 unspecified atom stereocenters. The van der Waals surface area contributed by atoms with Crippen LogP contribution >= 0.6 is 11.6 Å². The van der Waals surface area contributed by atoms with Gasteiger partial charge in [0.05, 0.1) is 11.9 Å². The maximum atomic E-state index is 5.78. The number of hydrogen-bond acceptors (Lipinski definition) is 5. The van der Waals surface area contributed by atoms with Gasteiger partial charge in [-0.1, -0.05) is 6.07 Å². The standard InChI is InChI=1S/C12H14ClN5/c1-18(2)9-5-3-4-8(6-9)16-11-10(14)7-15-12(13)17-11/h3-7H,14H2,1-2H3,(H,15,16,17). The molecule has 1 aromatic heterocycles. The molecular weight excluding hydrogens is 250 g/mol. The predicted octanol–water partition coefficient (Wildman–Crippen LogP) is 2.52. The van der Waals surface area contributed by atoms with Crippen LogP contribution in [-0.4, -0.2) is 24.1 Å². The lowest BCUT2D eigenvalue weighted by molar-refractivity contribution is 1.13. The lowest BCUT2D eigenvalue weighted by atomic mass is 10.2. The summed E-state index contributed by atoms with van der Waals surface area (Å²) in [4.78, 5) is 9.87. The van der Waals surface area contributed by atoms with Crippen LogP contribution in [0.4, 0.5) is 22.9 Å². The molecular formula is C12H14ClN5. The van der Waals surface area contributed by atoms with Gasteiger partial charge in [-0.05, 0) is 29.8 Å². The van der Waals surface area contributed by atoms with E-state index < -0.39 is 0 Å². The number of nitrogens with zero attached hydrogens (tertiary/aromatic N) is 3. The van der Waals surface area contributed by atoms with Crippen LogP contribution in [-0.2, 0) is 0 Å². The van der Waals surface area contributed by atoms with Crippen molar-refractivity contribution in [2.24, 2.45) is 0 Å². The van der Waals surface area contributed by atoms with Crippen molar-refractivity contribution in [3.63, 3.8) is 0 Å². The molecule has 1 heterocycles. The van der Waals surface area contributed by atoms with Crippen LogP contribution in [0.25, 0.3) is 0 Å². The molecule has 0 fully saturated rings. The predicted molar refractivity (Wildman–Crippen MR) is 75.5 cm³/mol. The number of halogens is 1. The van der Waals surface area contributed by atoms with Gasteiger partial charge >= 0.3 is 0 Å². The highest BCUT2D eigenvalue weighted by atomic mass is 35.5. The number of nitrogens with one attached hydrogen (secondary N) is 1. The third-order valence-electron chi connectivity index (χ3n) is 2.41. The van der Waals surface area contributed by atoms with Crippen LogP contribution in [0, 0.1) is 0 Å². The second-order valence-corrected chi connectivity index (χ2v) is 4.35. The Bertz CT molecular complexity index is 556. The maximum Gasteiger partial charge on any atom is 0.224 e. The molecule has 6 heteroatoms. The Labute approximate surface area is 111 Å². The molecule has 0 saturated heterocycles. The smallest absolute Gasteiger partial charge is 0.224 e. The molecule has 3 N–H and O–H groups in total. The van der Waals surface area contributed by atoms with Gasteiger partial charge in [0.15, 0.2) is 5.82 Å². The van der Waals surface area contributed by atoms with Gasteiger partial charge < -0.3 is 16.0 Å². The molecule has 18 heavy (non-hydrogen) atoms. The fourth-order valence-corrected chi connectivity index (χ4v) is 1.60. The number of hydrogen-bond donors (Lipinski definition) is 2. The summed E-state index contributed by atoms with van der Waals surface area (Å²) in [6.45, 7) is 0. The maximum absolute atomic E-state index is 5.78. The van der Waals surface area contributed by atoms with Gasteiger partial charge in [-0.25, -0.2) is 4.98 Å². The first kappa shape index (κ1) is 12.4. The Balaban J connectivity index is 2.28. The zero-order valence-corrected chi connectivity index (χ0v) is 10.9. The van der Waals surface area contributed by atoms with Crippen molar-refractivity contribution < 1.29 is 0 Å². The fraction of sp³-hybridized carbons (Fsp3) is 0.167. The van der Waals surface area contributed by atoms with Gasteiger partial charge in [-0.2, -0.15) is 4.98 Å². The Morgan fingerprint density at radius 3 is 2.83 bits per heavy atom. The van der Waals surface area contributed by atoms with Crippen LogP contribution in [0.1, 0.15) is 0 Å². The Kier molecular flexibility index (Phi) is 3.53. The van der Waals surface area contributed by atoms with Crippen molar-refractivity contribution in [1.29, 1.82) is 0 Å². The molecule has 0 aliphatic heterocycles. The normalized spacial score (nSPS) is 10.2. The first-order valence-corrected chi connectivity index (χ1v) is 5.76. The number of aromatic nitrogens is 2. The Hall–Kier alpha value is -2.01. The van der Waals surface area contributed by atoms with Crippen molar-refractivity contribution in [2.45, 2.75) is 0 Å². The molecule has 0 aliphatic carbocycles. The third-order valence-corrected chi connectivity index (χ3v) is 2.60. The molecule has 0 aliphatic rings. The van der Waals surface area contributed by atoms with E-state index in [9.17, 15) is 0 Å². The first-order valence-electron chi connectivity index (χ1n) is 5.38. The first-order chi connectivity index (χ1) is 8.56. The quantitative estimate of drug-likeness (QED) is 0.833. The molecule has 0 radical (unpaired) electrons. The second kappa shape index (κ2) is 5.10.